The lowest BCUT2D eigenvalue weighted by molar-refractivity contribution is 0.393. The fourth-order valence-corrected chi connectivity index (χ4v) is 1.67. The molecule has 0 bridgehead atoms. The van der Waals surface area contributed by atoms with Gasteiger partial charge < -0.3 is 14.7 Å². The summed E-state index contributed by atoms with van der Waals surface area (Å²) < 4.78 is 10.6. The van der Waals surface area contributed by atoms with Gasteiger partial charge in [0.2, 0.25) is 5.89 Å². The summed E-state index contributed by atoms with van der Waals surface area (Å²) in [7, 11) is 0. The predicted molar refractivity (Wildman–Crippen MR) is 59.0 cm³/mol. The molecule has 0 atom stereocenters. The van der Waals surface area contributed by atoms with Gasteiger partial charge in [-0.3, -0.25) is 0 Å². The van der Waals surface area contributed by atoms with Gasteiger partial charge in [0, 0.05) is 0 Å². The average Bonchev–Trinajstić information content (AvgIpc) is 2.84. The number of aromatic nitrogens is 4. The second-order valence-corrected chi connectivity index (χ2v) is 3.63. The van der Waals surface area contributed by atoms with Crippen LogP contribution in [0.15, 0.2) is 15.3 Å². The number of hydrogen-bond acceptors (Lipinski definition) is 7. The highest BCUT2D eigenvalue weighted by Gasteiger charge is 2.19. The molecule has 86 valence electrons. The van der Waals surface area contributed by atoms with E-state index in [1.54, 1.807) is 6.92 Å². The van der Waals surface area contributed by atoms with Crippen molar-refractivity contribution in [3.63, 3.8) is 0 Å². The van der Waals surface area contributed by atoms with Gasteiger partial charge in [0.25, 0.3) is 5.71 Å². The molecule has 3 rings (SSSR count). The van der Waals surface area contributed by atoms with Crippen molar-refractivity contribution < 1.29 is 8.94 Å². The third kappa shape index (κ3) is 1.36. The number of anilines is 1. The Kier molecular flexibility index (Phi) is 1.88. The zero-order chi connectivity index (χ0) is 12.0. The van der Waals surface area contributed by atoms with Crippen molar-refractivity contribution in [2.24, 2.45) is 0 Å². The van der Waals surface area contributed by atoms with Crippen molar-refractivity contribution >= 4 is 17.0 Å². The van der Waals surface area contributed by atoms with E-state index in [-0.39, 0.29) is 5.82 Å². The van der Waals surface area contributed by atoms with Gasteiger partial charge in [0.15, 0.2) is 11.3 Å². The van der Waals surface area contributed by atoms with Crippen LogP contribution < -0.4 is 5.73 Å². The van der Waals surface area contributed by atoms with E-state index in [1.807, 2.05) is 6.92 Å². The van der Waals surface area contributed by atoms with Crippen molar-refractivity contribution in [3.8, 4) is 11.5 Å². The molecule has 7 nitrogen and oxygen atoms in total. The van der Waals surface area contributed by atoms with Crippen molar-refractivity contribution in [2.45, 2.75) is 13.8 Å². The van der Waals surface area contributed by atoms with Crippen LogP contribution in [0.5, 0.6) is 0 Å². The predicted octanol–water partition coefficient (Wildman–Crippen LogP) is 1.47. The maximum Gasteiger partial charge on any atom is 0.252 e. The molecular formula is C10H9N5O2. The van der Waals surface area contributed by atoms with Gasteiger partial charge >= 0.3 is 0 Å². The number of nitrogens with zero attached hydrogens (tertiary/aromatic N) is 4. The molecule has 0 spiro atoms. The number of nitrogen functional groups attached to an aromatic ring is 1. The van der Waals surface area contributed by atoms with Crippen molar-refractivity contribution in [1.82, 2.24) is 20.1 Å². The zero-order valence-electron chi connectivity index (χ0n) is 9.26. The first-order valence-corrected chi connectivity index (χ1v) is 4.97. The van der Waals surface area contributed by atoms with Gasteiger partial charge in [-0.25, -0.2) is 9.97 Å². The normalized spacial score (nSPS) is 11.2. The summed E-state index contributed by atoms with van der Waals surface area (Å²) in [6.07, 6.45) is 1.33. The Morgan fingerprint density at radius 2 is 2.06 bits per heavy atom. The summed E-state index contributed by atoms with van der Waals surface area (Å²) in [5.74, 6) is 1.32. The van der Waals surface area contributed by atoms with E-state index in [4.69, 9.17) is 14.7 Å². The Labute approximate surface area is 95.7 Å². The summed E-state index contributed by atoms with van der Waals surface area (Å²) in [6.45, 7) is 3.61. The Bertz CT molecular complexity index is 680. The van der Waals surface area contributed by atoms with Gasteiger partial charge in [-0.1, -0.05) is 5.16 Å². The Hall–Kier alpha value is -2.44. The van der Waals surface area contributed by atoms with Gasteiger partial charge in [-0.15, -0.1) is 0 Å². The standard InChI is InChI=1S/C10H9N5O2/c1-4-6(5(2)17-15-4)9-14-7-8(11)12-3-13-10(7)16-9/h3H,1-2H3,(H2,11,12,13). The number of aryl methyl sites for hydroxylation is 2. The minimum absolute atomic E-state index is 0.289. The van der Waals surface area contributed by atoms with E-state index in [2.05, 4.69) is 20.1 Å². The van der Waals surface area contributed by atoms with Crippen LogP contribution in [0.3, 0.4) is 0 Å². The summed E-state index contributed by atoms with van der Waals surface area (Å²) in [4.78, 5) is 12.1. The van der Waals surface area contributed by atoms with Crippen LogP contribution in [0.4, 0.5) is 5.82 Å². The minimum Gasteiger partial charge on any atom is -0.417 e. The molecule has 0 aliphatic rings. The molecular weight excluding hydrogens is 222 g/mol. The summed E-state index contributed by atoms with van der Waals surface area (Å²) in [5.41, 5.74) is 7.92. The lowest BCUT2D eigenvalue weighted by Gasteiger charge is -1.90. The minimum atomic E-state index is 0.289. The smallest absolute Gasteiger partial charge is 0.252 e. The molecule has 7 heteroatoms. The largest absolute Gasteiger partial charge is 0.417 e. The second-order valence-electron chi connectivity index (χ2n) is 3.63. The van der Waals surface area contributed by atoms with E-state index >= 15 is 0 Å². The first-order chi connectivity index (χ1) is 8.16. The van der Waals surface area contributed by atoms with E-state index in [9.17, 15) is 0 Å². The Balaban J connectivity index is 2.29. The number of fused-ring (bicyclic) bond motifs is 1. The molecule has 0 amide bonds. The first kappa shape index (κ1) is 9.76. The lowest BCUT2D eigenvalue weighted by atomic mass is 10.2. The fourth-order valence-electron chi connectivity index (χ4n) is 1.67. The highest BCUT2D eigenvalue weighted by atomic mass is 16.5. The highest BCUT2D eigenvalue weighted by molar-refractivity contribution is 5.82. The molecule has 0 fully saturated rings. The van der Waals surface area contributed by atoms with E-state index in [0.29, 0.717) is 28.6 Å². The van der Waals surface area contributed by atoms with Crippen LogP contribution in [0, 0.1) is 13.8 Å². The SMILES string of the molecule is Cc1noc(C)c1-c1nc2c(N)ncnc2o1. The monoisotopic (exact) mass is 231 g/mol. The molecule has 3 aromatic rings. The zero-order valence-corrected chi connectivity index (χ0v) is 9.26. The Morgan fingerprint density at radius 3 is 2.71 bits per heavy atom. The van der Waals surface area contributed by atoms with Crippen LogP contribution in [0.1, 0.15) is 11.5 Å². The third-order valence-electron chi connectivity index (χ3n) is 2.47. The molecule has 0 radical (unpaired) electrons. The molecule has 2 N–H and O–H groups in total. The molecule has 17 heavy (non-hydrogen) atoms. The molecule has 0 saturated heterocycles. The van der Waals surface area contributed by atoms with Crippen LogP contribution >= 0.6 is 0 Å². The second kappa shape index (κ2) is 3.27. The van der Waals surface area contributed by atoms with Crippen LogP contribution in [-0.4, -0.2) is 20.1 Å². The molecule has 0 aliphatic heterocycles. The Morgan fingerprint density at radius 1 is 1.24 bits per heavy atom. The summed E-state index contributed by atoms with van der Waals surface area (Å²) in [6, 6.07) is 0. The van der Waals surface area contributed by atoms with Gasteiger partial charge in [0.05, 0.1) is 5.69 Å². The van der Waals surface area contributed by atoms with Crippen molar-refractivity contribution in [2.75, 3.05) is 5.73 Å². The van der Waals surface area contributed by atoms with Crippen molar-refractivity contribution in [3.05, 3.63) is 17.8 Å². The van der Waals surface area contributed by atoms with Crippen LogP contribution in [-0.2, 0) is 0 Å². The third-order valence-corrected chi connectivity index (χ3v) is 2.47. The van der Waals surface area contributed by atoms with Crippen LogP contribution in [0.2, 0.25) is 0 Å². The fraction of sp³-hybridized carbons (Fsp3) is 0.200. The summed E-state index contributed by atoms with van der Waals surface area (Å²) in [5, 5.41) is 3.84. The average molecular weight is 231 g/mol. The van der Waals surface area contributed by atoms with E-state index < -0.39 is 0 Å². The number of rotatable bonds is 1. The molecule has 0 saturated carbocycles. The molecule has 3 aromatic heterocycles. The quantitative estimate of drug-likeness (QED) is 0.676. The number of oxazole rings is 1. The molecule has 0 unspecified atom stereocenters. The highest BCUT2D eigenvalue weighted by Crippen LogP contribution is 2.29. The topological polar surface area (TPSA) is 104 Å². The van der Waals surface area contributed by atoms with Gasteiger partial charge in [-0.2, -0.15) is 4.98 Å². The maximum absolute atomic E-state index is 5.69. The summed E-state index contributed by atoms with van der Waals surface area (Å²) >= 11 is 0. The van der Waals surface area contributed by atoms with E-state index in [1.165, 1.54) is 6.33 Å². The van der Waals surface area contributed by atoms with E-state index in [0.717, 1.165) is 5.56 Å². The number of nitrogens with two attached hydrogens (primary N) is 1. The van der Waals surface area contributed by atoms with Crippen molar-refractivity contribution in [1.29, 1.82) is 0 Å². The first-order valence-electron chi connectivity index (χ1n) is 4.97. The molecule has 0 aliphatic carbocycles. The molecule has 3 heterocycles. The van der Waals surface area contributed by atoms with Gasteiger partial charge in [-0.05, 0) is 13.8 Å². The van der Waals surface area contributed by atoms with Crippen LogP contribution in [0.25, 0.3) is 22.7 Å². The van der Waals surface area contributed by atoms with Gasteiger partial charge in [0.1, 0.15) is 17.7 Å². The number of hydrogen-bond donors (Lipinski definition) is 1. The molecule has 0 aromatic carbocycles. The lowest BCUT2D eigenvalue weighted by Crippen LogP contribution is -1.91. The maximum atomic E-state index is 5.69.